The van der Waals surface area contributed by atoms with E-state index in [4.69, 9.17) is 0 Å². The first kappa shape index (κ1) is 15.3. The van der Waals surface area contributed by atoms with Crippen LogP contribution in [0.25, 0.3) is 0 Å². The van der Waals surface area contributed by atoms with Gasteiger partial charge in [0.1, 0.15) is 0 Å². The molecule has 2 aromatic carbocycles. The first-order chi connectivity index (χ1) is 8.84. The zero-order chi connectivity index (χ0) is 12.6. The van der Waals surface area contributed by atoms with Crippen LogP contribution in [0, 0.1) is 18.8 Å². The van der Waals surface area contributed by atoms with E-state index < -0.39 is 0 Å². The van der Waals surface area contributed by atoms with Crippen molar-refractivity contribution in [2.24, 2.45) is 0 Å². The average molecular weight is 272 g/mol. The molecular formula is C17H18ClN. The van der Waals surface area contributed by atoms with Crippen molar-refractivity contribution in [1.82, 2.24) is 5.32 Å². The van der Waals surface area contributed by atoms with E-state index in [9.17, 15) is 0 Å². The van der Waals surface area contributed by atoms with Gasteiger partial charge in [0.2, 0.25) is 0 Å². The van der Waals surface area contributed by atoms with Gasteiger partial charge >= 0.3 is 0 Å². The predicted molar refractivity (Wildman–Crippen MR) is 83.5 cm³/mol. The van der Waals surface area contributed by atoms with Crippen molar-refractivity contribution in [2.45, 2.75) is 13.5 Å². The second-order valence-electron chi connectivity index (χ2n) is 4.26. The molecule has 2 heteroatoms. The Bertz CT molecular complexity index is 535. The van der Waals surface area contributed by atoms with Crippen molar-refractivity contribution >= 4 is 12.4 Å². The van der Waals surface area contributed by atoms with Crippen LogP contribution in [0.2, 0.25) is 0 Å². The summed E-state index contributed by atoms with van der Waals surface area (Å²) < 4.78 is 0. The van der Waals surface area contributed by atoms with Crippen molar-refractivity contribution in [3.05, 3.63) is 71.3 Å². The number of hydrogen-bond donors (Lipinski definition) is 1. The van der Waals surface area contributed by atoms with Crippen LogP contribution in [0.3, 0.4) is 0 Å². The van der Waals surface area contributed by atoms with E-state index in [0.717, 1.165) is 12.1 Å². The molecule has 0 aromatic heterocycles. The molecule has 0 aliphatic carbocycles. The number of benzene rings is 2. The number of rotatable bonds is 3. The third-order valence-corrected chi connectivity index (χ3v) is 2.67. The topological polar surface area (TPSA) is 12.0 Å². The average Bonchev–Trinajstić information content (AvgIpc) is 2.42. The van der Waals surface area contributed by atoms with Crippen LogP contribution in [-0.4, -0.2) is 6.54 Å². The van der Waals surface area contributed by atoms with E-state index in [1.807, 2.05) is 30.3 Å². The molecule has 0 aliphatic heterocycles. The van der Waals surface area contributed by atoms with E-state index >= 15 is 0 Å². The van der Waals surface area contributed by atoms with Crippen LogP contribution in [0.4, 0.5) is 0 Å². The molecule has 0 amide bonds. The normalized spacial score (nSPS) is 9.11. The van der Waals surface area contributed by atoms with Gasteiger partial charge in [-0.3, -0.25) is 0 Å². The molecule has 0 saturated carbocycles. The first-order valence-corrected chi connectivity index (χ1v) is 6.15. The van der Waals surface area contributed by atoms with Crippen LogP contribution < -0.4 is 5.32 Å². The van der Waals surface area contributed by atoms with Gasteiger partial charge in [0, 0.05) is 12.1 Å². The summed E-state index contributed by atoms with van der Waals surface area (Å²) in [5, 5.41) is 3.32. The molecule has 0 spiro atoms. The van der Waals surface area contributed by atoms with Crippen LogP contribution in [0.15, 0.2) is 54.6 Å². The second-order valence-corrected chi connectivity index (χ2v) is 4.26. The Morgan fingerprint density at radius 3 is 2.32 bits per heavy atom. The molecule has 0 unspecified atom stereocenters. The van der Waals surface area contributed by atoms with Gasteiger partial charge in [-0.05, 0) is 24.6 Å². The lowest BCUT2D eigenvalue weighted by molar-refractivity contribution is 0.770. The largest absolute Gasteiger partial charge is 0.302 e. The third-order valence-electron chi connectivity index (χ3n) is 2.67. The van der Waals surface area contributed by atoms with Gasteiger partial charge in [0.15, 0.2) is 0 Å². The van der Waals surface area contributed by atoms with Crippen LogP contribution in [-0.2, 0) is 6.54 Å². The summed E-state index contributed by atoms with van der Waals surface area (Å²) in [4.78, 5) is 0. The van der Waals surface area contributed by atoms with Gasteiger partial charge < -0.3 is 5.32 Å². The van der Waals surface area contributed by atoms with Crippen molar-refractivity contribution < 1.29 is 0 Å². The monoisotopic (exact) mass is 271 g/mol. The smallest absolute Gasteiger partial charge is 0.0582 e. The Balaban J connectivity index is 0.00000180. The Morgan fingerprint density at radius 1 is 0.947 bits per heavy atom. The summed E-state index contributed by atoms with van der Waals surface area (Å²) in [6.45, 7) is 3.68. The van der Waals surface area contributed by atoms with Crippen molar-refractivity contribution in [3.63, 3.8) is 0 Å². The van der Waals surface area contributed by atoms with E-state index in [1.165, 1.54) is 11.1 Å². The highest BCUT2D eigenvalue weighted by molar-refractivity contribution is 5.85. The first-order valence-electron chi connectivity index (χ1n) is 6.15. The zero-order valence-electron chi connectivity index (χ0n) is 11.0. The van der Waals surface area contributed by atoms with Crippen LogP contribution >= 0.6 is 12.4 Å². The number of hydrogen-bond acceptors (Lipinski definition) is 1. The molecule has 1 nitrogen and oxygen atoms in total. The van der Waals surface area contributed by atoms with E-state index in [-0.39, 0.29) is 12.4 Å². The van der Waals surface area contributed by atoms with Gasteiger partial charge in [-0.15, -0.1) is 12.4 Å². The second kappa shape index (κ2) is 8.37. The quantitative estimate of drug-likeness (QED) is 0.665. The fourth-order valence-electron chi connectivity index (χ4n) is 1.64. The third kappa shape index (κ3) is 5.61. The molecule has 0 aliphatic rings. The Labute approximate surface area is 121 Å². The summed E-state index contributed by atoms with van der Waals surface area (Å²) in [7, 11) is 0. The minimum Gasteiger partial charge on any atom is -0.302 e. The van der Waals surface area contributed by atoms with Gasteiger partial charge in [-0.25, -0.2) is 0 Å². The van der Waals surface area contributed by atoms with E-state index in [0.29, 0.717) is 6.54 Å². The summed E-state index contributed by atoms with van der Waals surface area (Å²) in [6.07, 6.45) is 0. The molecule has 0 heterocycles. The molecular weight excluding hydrogens is 254 g/mol. The summed E-state index contributed by atoms with van der Waals surface area (Å²) in [5.41, 5.74) is 3.65. The maximum absolute atomic E-state index is 3.32. The standard InChI is InChI=1S/C17H17N.ClH/c1-15-9-11-17(12-10-15)14-18-13-5-8-16-6-3-2-4-7-16;/h2-4,6-7,9-12,18H,13-14H2,1H3;1H. The summed E-state index contributed by atoms with van der Waals surface area (Å²) >= 11 is 0. The van der Waals surface area contributed by atoms with Crippen molar-refractivity contribution in [2.75, 3.05) is 6.54 Å². The molecule has 0 radical (unpaired) electrons. The number of halogens is 1. The lowest BCUT2D eigenvalue weighted by Gasteiger charge is -2.01. The van der Waals surface area contributed by atoms with E-state index in [2.05, 4.69) is 48.3 Å². The molecule has 98 valence electrons. The lowest BCUT2D eigenvalue weighted by atomic mass is 10.1. The maximum Gasteiger partial charge on any atom is 0.0582 e. The van der Waals surface area contributed by atoms with Gasteiger partial charge in [0.05, 0.1) is 6.54 Å². The molecule has 0 fully saturated rings. The SMILES string of the molecule is Cc1ccc(CNCC#Cc2ccccc2)cc1.Cl. The Morgan fingerprint density at radius 2 is 1.63 bits per heavy atom. The molecule has 0 atom stereocenters. The van der Waals surface area contributed by atoms with Crippen molar-refractivity contribution in [1.29, 1.82) is 0 Å². The summed E-state index contributed by atoms with van der Waals surface area (Å²) in [5.74, 6) is 6.25. The minimum absolute atomic E-state index is 0. The van der Waals surface area contributed by atoms with Gasteiger partial charge in [0.25, 0.3) is 0 Å². The Hall–Kier alpha value is -1.75. The van der Waals surface area contributed by atoms with Crippen LogP contribution in [0.1, 0.15) is 16.7 Å². The highest BCUT2D eigenvalue weighted by atomic mass is 35.5. The highest BCUT2D eigenvalue weighted by Crippen LogP contribution is 2.02. The van der Waals surface area contributed by atoms with E-state index in [1.54, 1.807) is 0 Å². The Kier molecular flexibility index (Phi) is 6.74. The lowest BCUT2D eigenvalue weighted by Crippen LogP contribution is -2.13. The molecule has 19 heavy (non-hydrogen) atoms. The van der Waals surface area contributed by atoms with Gasteiger partial charge in [-0.2, -0.15) is 0 Å². The molecule has 2 aromatic rings. The fraction of sp³-hybridized carbons (Fsp3) is 0.176. The molecule has 1 N–H and O–H groups in total. The zero-order valence-corrected chi connectivity index (χ0v) is 11.8. The van der Waals surface area contributed by atoms with Crippen molar-refractivity contribution in [3.8, 4) is 11.8 Å². The number of aryl methyl sites for hydroxylation is 1. The van der Waals surface area contributed by atoms with Gasteiger partial charge in [-0.1, -0.05) is 59.9 Å². The maximum atomic E-state index is 3.32. The van der Waals surface area contributed by atoms with Crippen LogP contribution in [0.5, 0.6) is 0 Å². The molecule has 0 saturated heterocycles. The number of nitrogens with one attached hydrogen (secondary N) is 1. The fourth-order valence-corrected chi connectivity index (χ4v) is 1.64. The predicted octanol–water partition coefficient (Wildman–Crippen LogP) is 3.56. The molecule has 2 rings (SSSR count). The minimum atomic E-state index is 0. The summed E-state index contributed by atoms with van der Waals surface area (Å²) in [6, 6.07) is 18.6. The molecule has 0 bridgehead atoms. The highest BCUT2D eigenvalue weighted by Gasteiger charge is 1.90.